The van der Waals surface area contributed by atoms with Gasteiger partial charge in [-0.05, 0) is 25.5 Å². The maximum absolute atomic E-state index is 11.5. The molecule has 0 bridgehead atoms. The fourth-order valence-corrected chi connectivity index (χ4v) is 2.32. The molecule has 0 N–H and O–H groups in total. The third-order valence-electron chi connectivity index (χ3n) is 3.40. The second kappa shape index (κ2) is 8.00. The van der Waals surface area contributed by atoms with E-state index >= 15 is 0 Å². The molecule has 1 heterocycles. The van der Waals surface area contributed by atoms with E-state index in [0.29, 0.717) is 32.9 Å². The molecular weight excluding hydrogens is 270 g/mol. The molecule has 0 unspecified atom stereocenters. The Balaban J connectivity index is 1.79. The number of ether oxygens (including phenoxy) is 3. The van der Waals surface area contributed by atoms with Crippen LogP contribution in [0.1, 0.15) is 12.5 Å². The van der Waals surface area contributed by atoms with Crippen LogP contribution in [0, 0.1) is 6.92 Å². The minimum atomic E-state index is -0.182. The van der Waals surface area contributed by atoms with E-state index in [-0.39, 0.29) is 12.1 Å². The molecule has 1 aliphatic rings. The van der Waals surface area contributed by atoms with E-state index in [1.807, 2.05) is 43.0 Å². The fraction of sp³-hybridized carbons (Fsp3) is 0.562. The summed E-state index contributed by atoms with van der Waals surface area (Å²) in [4.78, 5) is 13.6. The van der Waals surface area contributed by atoms with Gasteiger partial charge in [-0.2, -0.15) is 0 Å². The van der Waals surface area contributed by atoms with Crippen molar-refractivity contribution in [1.82, 2.24) is 4.90 Å². The third-order valence-corrected chi connectivity index (χ3v) is 3.40. The smallest absolute Gasteiger partial charge is 0.320 e. The summed E-state index contributed by atoms with van der Waals surface area (Å²) in [6.45, 7) is 7.11. The number of aryl methyl sites for hydroxylation is 1. The molecule has 0 radical (unpaired) electrons. The Hall–Kier alpha value is -1.59. The Morgan fingerprint density at radius 2 is 2.24 bits per heavy atom. The van der Waals surface area contributed by atoms with E-state index in [4.69, 9.17) is 14.2 Å². The van der Waals surface area contributed by atoms with Gasteiger partial charge in [0.15, 0.2) is 0 Å². The predicted octanol–water partition coefficient (Wildman–Crippen LogP) is 1.64. The highest BCUT2D eigenvalue weighted by molar-refractivity contribution is 5.71. The van der Waals surface area contributed by atoms with Crippen LogP contribution in [-0.2, 0) is 14.3 Å². The molecule has 1 atom stereocenters. The highest BCUT2D eigenvalue weighted by Gasteiger charge is 2.23. The summed E-state index contributed by atoms with van der Waals surface area (Å²) in [6, 6.07) is 7.91. The molecule has 1 saturated heterocycles. The number of hydrogen-bond acceptors (Lipinski definition) is 5. The summed E-state index contributed by atoms with van der Waals surface area (Å²) >= 11 is 0. The van der Waals surface area contributed by atoms with Crippen LogP contribution >= 0.6 is 0 Å². The van der Waals surface area contributed by atoms with E-state index in [9.17, 15) is 4.79 Å². The number of para-hydroxylation sites is 1. The number of rotatable bonds is 6. The van der Waals surface area contributed by atoms with Crippen molar-refractivity contribution in [2.45, 2.75) is 20.0 Å². The molecule has 5 nitrogen and oxygen atoms in total. The number of carbonyl (C=O) groups is 1. The lowest BCUT2D eigenvalue weighted by atomic mass is 10.2. The second-order valence-corrected chi connectivity index (χ2v) is 5.11. The molecule has 0 amide bonds. The molecule has 1 aromatic carbocycles. The van der Waals surface area contributed by atoms with Crippen molar-refractivity contribution in [2.75, 3.05) is 39.5 Å². The van der Waals surface area contributed by atoms with Crippen molar-refractivity contribution in [3.8, 4) is 5.75 Å². The van der Waals surface area contributed by atoms with E-state index < -0.39 is 0 Å². The fourth-order valence-electron chi connectivity index (χ4n) is 2.32. The molecule has 116 valence electrons. The van der Waals surface area contributed by atoms with E-state index in [2.05, 4.69) is 0 Å². The molecule has 1 aromatic rings. The monoisotopic (exact) mass is 293 g/mol. The van der Waals surface area contributed by atoms with Crippen LogP contribution in [0.2, 0.25) is 0 Å². The molecule has 0 aliphatic carbocycles. The first-order chi connectivity index (χ1) is 10.2. The molecule has 0 spiro atoms. The van der Waals surface area contributed by atoms with Crippen molar-refractivity contribution < 1.29 is 19.0 Å². The van der Waals surface area contributed by atoms with Gasteiger partial charge in [-0.1, -0.05) is 18.2 Å². The van der Waals surface area contributed by atoms with Crippen LogP contribution in [0.15, 0.2) is 24.3 Å². The summed E-state index contributed by atoms with van der Waals surface area (Å²) < 4.78 is 16.5. The summed E-state index contributed by atoms with van der Waals surface area (Å²) in [7, 11) is 0. The molecule has 0 saturated carbocycles. The maximum Gasteiger partial charge on any atom is 0.320 e. The standard InChI is InChI=1S/C16H23NO4/c1-3-19-16(18)11-17-8-9-20-14(10-17)12-21-15-7-5-4-6-13(15)2/h4-7,14H,3,8-12H2,1-2H3/t14-/m1/s1. The van der Waals surface area contributed by atoms with E-state index in [1.165, 1.54) is 0 Å². The normalized spacial score (nSPS) is 19.2. The number of hydrogen-bond donors (Lipinski definition) is 0. The van der Waals surface area contributed by atoms with Crippen molar-refractivity contribution in [3.63, 3.8) is 0 Å². The molecule has 2 rings (SSSR count). The van der Waals surface area contributed by atoms with Gasteiger partial charge in [0.05, 0.1) is 19.8 Å². The van der Waals surface area contributed by atoms with Crippen molar-refractivity contribution in [1.29, 1.82) is 0 Å². The Morgan fingerprint density at radius 1 is 1.43 bits per heavy atom. The highest BCUT2D eigenvalue weighted by Crippen LogP contribution is 2.17. The SMILES string of the molecule is CCOC(=O)CN1CCO[C@@H](COc2ccccc2C)C1. The quantitative estimate of drug-likeness (QED) is 0.746. The number of esters is 1. The Bertz CT molecular complexity index is 463. The lowest BCUT2D eigenvalue weighted by molar-refractivity contribution is -0.146. The van der Waals surface area contributed by atoms with Crippen molar-refractivity contribution in [2.24, 2.45) is 0 Å². The average Bonchev–Trinajstić information content (AvgIpc) is 2.47. The van der Waals surface area contributed by atoms with Crippen molar-refractivity contribution in [3.05, 3.63) is 29.8 Å². The summed E-state index contributed by atoms with van der Waals surface area (Å²) in [5, 5.41) is 0. The predicted molar refractivity (Wildman–Crippen MR) is 79.5 cm³/mol. The van der Waals surface area contributed by atoms with Crippen LogP contribution in [0.3, 0.4) is 0 Å². The zero-order valence-electron chi connectivity index (χ0n) is 12.7. The van der Waals surface area contributed by atoms with Gasteiger partial charge in [-0.3, -0.25) is 9.69 Å². The molecule has 0 aromatic heterocycles. The lowest BCUT2D eigenvalue weighted by Gasteiger charge is -2.32. The number of benzene rings is 1. The molecule has 1 fully saturated rings. The third kappa shape index (κ3) is 5.02. The zero-order valence-corrected chi connectivity index (χ0v) is 12.7. The average molecular weight is 293 g/mol. The largest absolute Gasteiger partial charge is 0.491 e. The molecular formula is C16H23NO4. The molecule has 5 heteroatoms. The van der Waals surface area contributed by atoms with Gasteiger partial charge in [-0.25, -0.2) is 0 Å². The van der Waals surface area contributed by atoms with Gasteiger partial charge in [0.2, 0.25) is 0 Å². The lowest BCUT2D eigenvalue weighted by Crippen LogP contribution is -2.47. The Morgan fingerprint density at radius 3 is 3.00 bits per heavy atom. The molecule has 21 heavy (non-hydrogen) atoms. The topological polar surface area (TPSA) is 48.0 Å². The highest BCUT2D eigenvalue weighted by atomic mass is 16.5. The van der Waals surface area contributed by atoms with Crippen LogP contribution in [0.5, 0.6) is 5.75 Å². The van der Waals surface area contributed by atoms with Gasteiger partial charge in [0.1, 0.15) is 18.5 Å². The van der Waals surface area contributed by atoms with Gasteiger partial charge < -0.3 is 14.2 Å². The Labute approximate surface area is 125 Å². The van der Waals surface area contributed by atoms with Crippen LogP contribution < -0.4 is 4.74 Å². The molecule has 1 aliphatic heterocycles. The van der Waals surface area contributed by atoms with Gasteiger partial charge in [0.25, 0.3) is 0 Å². The summed E-state index contributed by atoms with van der Waals surface area (Å²) in [5.41, 5.74) is 1.11. The second-order valence-electron chi connectivity index (χ2n) is 5.11. The first kappa shape index (κ1) is 15.8. The van der Waals surface area contributed by atoms with Crippen LogP contribution in [0.4, 0.5) is 0 Å². The van der Waals surface area contributed by atoms with Gasteiger partial charge in [-0.15, -0.1) is 0 Å². The van der Waals surface area contributed by atoms with Crippen LogP contribution in [0.25, 0.3) is 0 Å². The van der Waals surface area contributed by atoms with Crippen LogP contribution in [-0.4, -0.2) is 56.4 Å². The zero-order chi connectivity index (χ0) is 15.1. The number of nitrogens with zero attached hydrogens (tertiary/aromatic N) is 1. The van der Waals surface area contributed by atoms with Gasteiger partial charge >= 0.3 is 5.97 Å². The van der Waals surface area contributed by atoms with Gasteiger partial charge in [0, 0.05) is 13.1 Å². The van der Waals surface area contributed by atoms with Crippen molar-refractivity contribution >= 4 is 5.97 Å². The maximum atomic E-state index is 11.5. The minimum Gasteiger partial charge on any atom is -0.491 e. The number of morpholine rings is 1. The Kier molecular flexibility index (Phi) is 6.02. The van der Waals surface area contributed by atoms with E-state index in [0.717, 1.165) is 17.9 Å². The minimum absolute atomic E-state index is 0.0206. The first-order valence-electron chi connectivity index (χ1n) is 7.37. The van der Waals surface area contributed by atoms with E-state index in [1.54, 1.807) is 0 Å². The summed E-state index contributed by atoms with van der Waals surface area (Å²) in [6.07, 6.45) is -0.0206. The summed E-state index contributed by atoms with van der Waals surface area (Å²) in [5.74, 6) is 0.696. The number of carbonyl (C=O) groups excluding carboxylic acids is 1. The first-order valence-corrected chi connectivity index (χ1v) is 7.37.